The summed E-state index contributed by atoms with van der Waals surface area (Å²) in [5.41, 5.74) is 1.93. The van der Waals surface area contributed by atoms with Crippen LogP contribution in [0.1, 0.15) is 11.1 Å². The van der Waals surface area contributed by atoms with Gasteiger partial charge in [0.1, 0.15) is 0 Å². The first-order chi connectivity index (χ1) is 12.8. The zero-order valence-corrected chi connectivity index (χ0v) is 15.5. The number of rotatable bonds is 5. The second kappa shape index (κ2) is 7.94. The van der Waals surface area contributed by atoms with Crippen molar-refractivity contribution in [3.05, 3.63) is 67.7 Å². The van der Waals surface area contributed by atoms with Crippen molar-refractivity contribution in [2.45, 2.75) is 12.8 Å². The fourth-order valence-electron chi connectivity index (χ4n) is 2.85. The first kappa shape index (κ1) is 19.1. The maximum atomic E-state index is 12.4. The number of carbonyl (C=O) groups is 2. The Kier molecular flexibility index (Phi) is 5.62. The number of nitro groups is 1. The van der Waals surface area contributed by atoms with Crippen LogP contribution < -0.4 is 4.90 Å². The Labute approximate surface area is 164 Å². The van der Waals surface area contributed by atoms with Crippen molar-refractivity contribution in [3.63, 3.8) is 0 Å². The number of non-ortho nitro benzene ring substituents is 1. The van der Waals surface area contributed by atoms with E-state index in [4.69, 9.17) is 27.9 Å². The van der Waals surface area contributed by atoms with Gasteiger partial charge in [-0.3, -0.25) is 19.7 Å². The molecule has 0 N–H and O–H groups in total. The monoisotopic (exact) mass is 408 g/mol. The molecule has 2 aromatic rings. The minimum Gasteiger partial charge on any atom is -0.455 e. The van der Waals surface area contributed by atoms with Crippen LogP contribution in [0.5, 0.6) is 0 Å². The number of ether oxygens (including phenoxy) is 1. The third kappa shape index (κ3) is 4.37. The van der Waals surface area contributed by atoms with Gasteiger partial charge >= 0.3 is 5.97 Å². The fourth-order valence-corrected chi connectivity index (χ4v) is 3.17. The normalized spacial score (nSPS) is 12.6. The number of esters is 1. The smallest absolute Gasteiger partial charge is 0.310 e. The van der Waals surface area contributed by atoms with Crippen molar-refractivity contribution in [2.75, 3.05) is 18.1 Å². The highest BCUT2D eigenvalue weighted by Gasteiger charge is 2.27. The maximum absolute atomic E-state index is 12.4. The Balaban J connectivity index is 1.58. The molecule has 1 aliphatic rings. The van der Waals surface area contributed by atoms with E-state index in [0.717, 1.165) is 5.56 Å². The van der Waals surface area contributed by atoms with E-state index in [2.05, 4.69) is 0 Å². The van der Waals surface area contributed by atoms with Crippen LogP contribution in [0.25, 0.3) is 0 Å². The SMILES string of the molecule is O=C(Cc1ccc(Cl)c(Cl)c1)OCC(=O)N1CCc2cc([N+](=O)[O-])ccc21. The molecular formula is C18H14Cl2N2O5. The van der Waals surface area contributed by atoms with E-state index in [1.807, 2.05) is 0 Å². The number of benzene rings is 2. The highest BCUT2D eigenvalue weighted by molar-refractivity contribution is 6.42. The summed E-state index contributed by atoms with van der Waals surface area (Å²) in [6.45, 7) is -0.0176. The molecule has 0 spiro atoms. The van der Waals surface area contributed by atoms with E-state index in [0.29, 0.717) is 34.3 Å². The van der Waals surface area contributed by atoms with Crippen LogP contribution in [0, 0.1) is 10.1 Å². The highest BCUT2D eigenvalue weighted by atomic mass is 35.5. The largest absolute Gasteiger partial charge is 0.455 e. The Hall–Kier alpha value is -2.64. The zero-order chi connectivity index (χ0) is 19.6. The summed E-state index contributed by atoms with van der Waals surface area (Å²) in [6.07, 6.45) is 0.479. The quantitative estimate of drug-likeness (QED) is 0.428. The van der Waals surface area contributed by atoms with Crippen molar-refractivity contribution in [1.82, 2.24) is 0 Å². The van der Waals surface area contributed by atoms with Crippen LogP contribution in [0.4, 0.5) is 11.4 Å². The number of amides is 1. The van der Waals surface area contributed by atoms with Gasteiger partial charge in [-0.2, -0.15) is 0 Å². The summed E-state index contributed by atoms with van der Waals surface area (Å²) in [7, 11) is 0. The van der Waals surface area contributed by atoms with Crippen molar-refractivity contribution >= 4 is 46.5 Å². The van der Waals surface area contributed by atoms with Gasteiger partial charge in [-0.1, -0.05) is 29.3 Å². The molecule has 140 valence electrons. The standard InChI is InChI=1S/C18H14Cl2N2O5/c19-14-3-1-11(7-15(14)20)8-18(24)27-10-17(23)21-6-5-12-9-13(22(25)26)2-4-16(12)21/h1-4,7,9H,5-6,8,10H2. The number of carbonyl (C=O) groups excluding carboxylic acids is 2. The number of halogens is 2. The molecule has 3 rings (SSSR count). The summed E-state index contributed by atoms with van der Waals surface area (Å²) < 4.78 is 5.05. The number of hydrogen-bond donors (Lipinski definition) is 0. The highest BCUT2D eigenvalue weighted by Crippen LogP contribution is 2.31. The van der Waals surface area contributed by atoms with Crippen molar-refractivity contribution in [2.24, 2.45) is 0 Å². The molecule has 2 aromatic carbocycles. The lowest BCUT2D eigenvalue weighted by atomic mass is 10.1. The van der Waals surface area contributed by atoms with E-state index < -0.39 is 17.5 Å². The molecule has 0 saturated carbocycles. The van der Waals surface area contributed by atoms with Gasteiger partial charge in [-0.25, -0.2) is 0 Å². The zero-order valence-electron chi connectivity index (χ0n) is 14.0. The van der Waals surface area contributed by atoms with Gasteiger partial charge in [0.25, 0.3) is 11.6 Å². The Bertz CT molecular complexity index is 932. The molecule has 0 saturated heterocycles. The maximum Gasteiger partial charge on any atom is 0.310 e. The first-order valence-corrected chi connectivity index (χ1v) is 8.78. The third-order valence-corrected chi connectivity index (χ3v) is 4.90. The number of nitrogens with zero attached hydrogens (tertiary/aromatic N) is 2. The lowest BCUT2D eigenvalue weighted by Crippen LogP contribution is -2.33. The molecule has 27 heavy (non-hydrogen) atoms. The topological polar surface area (TPSA) is 89.8 Å². The molecule has 0 atom stereocenters. The van der Waals surface area contributed by atoms with Crippen LogP contribution in [0.2, 0.25) is 10.0 Å². The molecule has 0 aliphatic carbocycles. The van der Waals surface area contributed by atoms with Gasteiger partial charge in [-0.15, -0.1) is 0 Å². The molecule has 1 aliphatic heterocycles. The minimum absolute atomic E-state index is 0.0175. The Morgan fingerprint density at radius 3 is 2.63 bits per heavy atom. The summed E-state index contributed by atoms with van der Waals surface area (Å²) >= 11 is 11.7. The third-order valence-electron chi connectivity index (χ3n) is 4.16. The van der Waals surface area contributed by atoms with E-state index in [-0.39, 0.29) is 18.0 Å². The van der Waals surface area contributed by atoms with Gasteiger partial charge in [0.2, 0.25) is 0 Å². The van der Waals surface area contributed by atoms with E-state index >= 15 is 0 Å². The summed E-state index contributed by atoms with van der Waals surface area (Å²) in [5, 5.41) is 11.6. The van der Waals surface area contributed by atoms with E-state index in [9.17, 15) is 19.7 Å². The Morgan fingerprint density at radius 1 is 1.15 bits per heavy atom. The van der Waals surface area contributed by atoms with Gasteiger partial charge in [0.15, 0.2) is 6.61 Å². The predicted octanol–water partition coefficient (Wildman–Crippen LogP) is 3.58. The molecular weight excluding hydrogens is 395 g/mol. The average Bonchev–Trinajstić information content (AvgIpc) is 3.06. The first-order valence-electron chi connectivity index (χ1n) is 8.02. The number of fused-ring (bicyclic) bond motifs is 1. The van der Waals surface area contributed by atoms with Crippen molar-refractivity contribution in [1.29, 1.82) is 0 Å². The predicted molar refractivity (Wildman–Crippen MR) is 100 cm³/mol. The number of hydrogen-bond acceptors (Lipinski definition) is 5. The van der Waals surface area contributed by atoms with Gasteiger partial charge < -0.3 is 9.64 Å². The van der Waals surface area contributed by atoms with Crippen molar-refractivity contribution < 1.29 is 19.2 Å². The number of anilines is 1. The van der Waals surface area contributed by atoms with Gasteiger partial charge in [0, 0.05) is 24.4 Å². The van der Waals surface area contributed by atoms with Gasteiger partial charge in [0.05, 0.1) is 21.4 Å². The van der Waals surface area contributed by atoms with Crippen LogP contribution in [-0.4, -0.2) is 30.0 Å². The fraction of sp³-hybridized carbons (Fsp3) is 0.222. The van der Waals surface area contributed by atoms with Gasteiger partial charge in [-0.05, 0) is 35.7 Å². The molecule has 1 heterocycles. The Morgan fingerprint density at radius 2 is 1.93 bits per heavy atom. The van der Waals surface area contributed by atoms with Crippen LogP contribution >= 0.6 is 23.2 Å². The van der Waals surface area contributed by atoms with Crippen LogP contribution in [0.3, 0.4) is 0 Å². The van der Waals surface area contributed by atoms with Crippen LogP contribution in [0.15, 0.2) is 36.4 Å². The van der Waals surface area contributed by atoms with E-state index in [1.54, 1.807) is 18.2 Å². The molecule has 1 amide bonds. The second-order valence-electron chi connectivity index (χ2n) is 5.95. The van der Waals surface area contributed by atoms with E-state index in [1.165, 1.54) is 23.1 Å². The molecule has 0 fully saturated rings. The summed E-state index contributed by atoms with van der Waals surface area (Å²) in [5.74, 6) is -0.949. The van der Waals surface area contributed by atoms with Crippen LogP contribution in [-0.2, 0) is 27.2 Å². The lowest BCUT2D eigenvalue weighted by molar-refractivity contribution is -0.384. The molecule has 0 bridgehead atoms. The molecule has 9 heteroatoms. The lowest BCUT2D eigenvalue weighted by Gasteiger charge is -2.17. The summed E-state index contributed by atoms with van der Waals surface area (Å²) in [4.78, 5) is 36.1. The molecule has 0 aromatic heterocycles. The minimum atomic E-state index is -0.565. The van der Waals surface area contributed by atoms with Crippen molar-refractivity contribution in [3.8, 4) is 0 Å². The number of nitro benzene ring substituents is 1. The molecule has 0 unspecified atom stereocenters. The molecule has 0 radical (unpaired) electrons. The average molecular weight is 409 g/mol. The second-order valence-corrected chi connectivity index (χ2v) is 6.77. The summed E-state index contributed by atoms with van der Waals surface area (Å²) in [6, 6.07) is 9.14. The molecule has 7 nitrogen and oxygen atoms in total.